The summed E-state index contributed by atoms with van der Waals surface area (Å²) in [6, 6.07) is 11.4. The average molecular weight is 256 g/mol. The zero-order valence-electron chi connectivity index (χ0n) is 11.2. The second-order valence-corrected chi connectivity index (χ2v) is 4.33. The summed E-state index contributed by atoms with van der Waals surface area (Å²) in [5, 5.41) is 4.10. The smallest absolute Gasteiger partial charge is 0.274 e. The number of carbonyl (C=O) groups is 1. The molecule has 1 amide bonds. The SMILES string of the molecule is C/C(=N\NC(=O)c1cc(C)oc1C)c1ccccc1. The minimum Gasteiger partial charge on any atom is -0.466 e. The van der Waals surface area contributed by atoms with Crippen LogP contribution < -0.4 is 5.43 Å². The van der Waals surface area contributed by atoms with Gasteiger partial charge in [-0.15, -0.1) is 0 Å². The lowest BCUT2D eigenvalue weighted by atomic mass is 10.1. The summed E-state index contributed by atoms with van der Waals surface area (Å²) < 4.78 is 5.32. The van der Waals surface area contributed by atoms with E-state index in [0.29, 0.717) is 17.1 Å². The molecular formula is C15H16N2O2. The van der Waals surface area contributed by atoms with Crippen LogP contribution in [0, 0.1) is 13.8 Å². The lowest BCUT2D eigenvalue weighted by molar-refractivity contribution is 0.0953. The first-order valence-corrected chi connectivity index (χ1v) is 6.05. The highest BCUT2D eigenvalue weighted by atomic mass is 16.3. The standard InChI is InChI=1S/C15H16N2O2/c1-10-9-14(12(3)19-10)15(18)17-16-11(2)13-7-5-4-6-8-13/h4-9H,1-3H3,(H,17,18)/b16-11+. The number of carbonyl (C=O) groups excluding carboxylic acids is 1. The molecule has 1 aromatic carbocycles. The fourth-order valence-electron chi connectivity index (χ4n) is 1.80. The lowest BCUT2D eigenvalue weighted by Crippen LogP contribution is -2.19. The van der Waals surface area contributed by atoms with E-state index in [9.17, 15) is 4.79 Å². The first-order valence-electron chi connectivity index (χ1n) is 6.05. The van der Waals surface area contributed by atoms with E-state index < -0.39 is 0 Å². The van der Waals surface area contributed by atoms with Crippen LogP contribution in [0.25, 0.3) is 0 Å². The molecule has 0 aliphatic rings. The van der Waals surface area contributed by atoms with Crippen LogP contribution in [-0.4, -0.2) is 11.6 Å². The number of nitrogens with zero attached hydrogens (tertiary/aromatic N) is 1. The Morgan fingerprint density at radius 2 is 1.89 bits per heavy atom. The molecule has 1 heterocycles. The Labute approximate surface area is 112 Å². The quantitative estimate of drug-likeness (QED) is 0.677. The molecule has 0 spiro atoms. The third kappa shape index (κ3) is 3.10. The van der Waals surface area contributed by atoms with Gasteiger partial charge >= 0.3 is 0 Å². The van der Waals surface area contributed by atoms with Gasteiger partial charge in [-0.3, -0.25) is 4.79 Å². The van der Waals surface area contributed by atoms with Gasteiger partial charge in [-0.25, -0.2) is 5.43 Å². The summed E-state index contributed by atoms with van der Waals surface area (Å²) in [5.41, 5.74) is 4.79. The van der Waals surface area contributed by atoms with Gasteiger partial charge in [0.2, 0.25) is 0 Å². The summed E-state index contributed by atoms with van der Waals surface area (Å²) in [6.07, 6.45) is 0. The molecule has 2 rings (SSSR count). The highest BCUT2D eigenvalue weighted by Gasteiger charge is 2.12. The number of benzene rings is 1. The fraction of sp³-hybridized carbons (Fsp3) is 0.200. The van der Waals surface area contributed by atoms with Crippen molar-refractivity contribution < 1.29 is 9.21 Å². The lowest BCUT2D eigenvalue weighted by Gasteiger charge is -2.01. The predicted octanol–water partition coefficient (Wildman–Crippen LogP) is 3.05. The van der Waals surface area contributed by atoms with Gasteiger partial charge in [0.25, 0.3) is 5.91 Å². The van der Waals surface area contributed by atoms with Gasteiger partial charge in [-0.1, -0.05) is 30.3 Å². The zero-order chi connectivity index (χ0) is 13.8. The minimum atomic E-state index is -0.260. The molecule has 0 saturated heterocycles. The summed E-state index contributed by atoms with van der Waals surface area (Å²) in [4.78, 5) is 11.9. The Morgan fingerprint density at radius 1 is 1.21 bits per heavy atom. The van der Waals surface area contributed by atoms with E-state index in [1.165, 1.54) is 0 Å². The van der Waals surface area contributed by atoms with Crippen LogP contribution in [-0.2, 0) is 0 Å². The second kappa shape index (κ2) is 5.52. The third-order valence-electron chi connectivity index (χ3n) is 2.80. The van der Waals surface area contributed by atoms with E-state index in [0.717, 1.165) is 11.3 Å². The maximum Gasteiger partial charge on any atom is 0.274 e. The summed E-state index contributed by atoms with van der Waals surface area (Å²) in [6.45, 7) is 5.42. The number of furan rings is 1. The molecule has 4 heteroatoms. The van der Waals surface area contributed by atoms with Crippen LogP contribution >= 0.6 is 0 Å². The molecule has 2 aromatic rings. The van der Waals surface area contributed by atoms with Crippen LogP contribution in [0.3, 0.4) is 0 Å². The van der Waals surface area contributed by atoms with Crippen molar-refractivity contribution in [2.45, 2.75) is 20.8 Å². The van der Waals surface area contributed by atoms with Gasteiger partial charge in [0.05, 0.1) is 11.3 Å². The number of hydrogen-bond donors (Lipinski definition) is 1. The molecule has 1 aromatic heterocycles. The first kappa shape index (κ1) is 13.1. The van der Waals surface area contributed by atoms with E-state index in [1.807, 2.05) is 44.2 Å². The van der Waals surface area contributed by atoms with E-state index in [1.54, 1.807) is 13.0 Å². The first-order chi connectivity index (χ1) is 9.08. The number of aryl methyl sites for hydroxylation is 2. The van der Waals surface area contributed by atoms with Crippen LogP contribution in [0.5, 0.6) is 0 Å². The molecule has 0 aliphatic heterocycles. The van der Waals surface area contributed by atoms with E-state index in [4.69, 9.17) is 4.42 Å². The van der Waals surface area contributed by atoms with Crippen LogP contribution in [0.15, 0.2) is 45.9 Å². The van der Waals surface area contributed by atoms with Crippen LogP contribution in [0.1, 0.15) is 34.4 Å². The summed E-state index contributed by atoms with van der Waals surface area (Å²) >= 11 is 0. The van der Waals surface area contributed by atoms with Crippen molar-refractivity contribution in [2.24, 2.45) is 5.10 Å². The van der Waals surface area contributed by atoms with Gasteiger partial charge in [0, 0.05) is 0 Å². The van der Waals surface area contributed by atoms with Gasteiger partial charge in [-0.05, 0) is 32.4 Å². The molecule has 0 fully saturated rings. The van der Waals surface area contributed by atoms with Gasteiger partial charge in [-0.2, -0.15) is 5.10 Å². The Bertz CT molecular complexity index is 612. The highest BCUT2D eigenvalue weighted by molar-refractivity contribution is 6.01. The van der Waals surface area contributed by atoms with Gasteiger partial charge in [0.1, 0.15) is 11.5 Å². The van der Waals surface area contributed by atoms with E-state index >= 15 is 0 Å². The predicted molar refractivity (Wildman–Crippen MR) is 74.3 cm³/mol. The molecule has 0 unspecified atom stereocenters. The second-order valence-electron chi connectivity index (χ2n) is 4.33. The third-order valence-corrected chi connectivity index (χ3v) is 2.80. The molecule has 19 heavy (non-hydrogen) atoms. The Morgan fingerprint density at radius 3 is 2.47 bits per heavy atom. The summed E-state index contributed by atoms with van der Waals surface area (Å²) in [7, 11) is 0. The van der Waals surface area contributed by atoms with E-state index in [2.05, 4.69) is 10.5 Å². The van der Waals surface area contributed by atoms with Gasteiger partial charge < -0.3 is 4.42 Å². The number of nitrogens with one attached hydrogen (secondary N) is 1. The van der Waals surface area contributed by atoms with Crippen molar-refractivity contribution >= 4 is 11.6 Å². The van der Waals surface area contributed by atoms with Crippen molar-refractivity contribution in [1.82, 2.24) is 5.43 Å². The molecular weight excluding hydrogens is 240 g/mol. The number of amides is 1. The average Bonchev–Trinajstić information content (AvgIpc) is 2.75. The van der Waals surface area contributed by atoms with Gasteiger partial charge in [0.15, 0.2) is 0 Å². The fourth-order valence-corrected chi connectivity index (χ4v) is 1.80. The Kier molecular flexibility index (Phi) is 3.80. The number of hydrazone groups is 1. The van der Waals surface area contributed by atoms with Crippen LogP contribution in [0.4, 0.5) is 0 Å². The topological polar surface area (TPSA) is 54.6 Å². The summed E-state index contributed by atoms with van der Waals surface area (Å²) in [5.74, 6) is 1.05. The van der Waals surface area contributed by atoms with Crippen molar-refractivity contribution in [3.63, 3.8) is 0 Å². The molecule has 0 saturated carbocycles. The maximum atomic E-state index is 11.9. The van der Waals surface area contributed by atoms with E-state index in [-0.39, 0.29) is 5.91 Å². The molecule has 0 atom stereocenters. The molecule has 1 N–H and O–H groups in total. The van der Waals surface area contributed by atoms with Crippen molar-refractivity contribution in [1.29, 1.82) is 0 Å². The Balaban J connectivity index is 2.10. The van der Waals surface area contributed by atoms with Crippen LogP contribution in [0.2, 0.25) is 0 Å². The molecule has 4 nitrogen and oxygen atoms in total. The maximum absolute atomic E-state index is 11.9. The molecule has 0 bridgehead atoms. The van der Waals surface area contributed by atoms with Crippen molar-refractivity contribution in [3.8, 4) is 0 Å². The molecule has 0 aliphatic carbocycles. The van der Waals surface area contributed by atoms with Crippen molar-refractivity contribution in [3.05, 3.63) is 59.0 Å². The molecule has 98 valence electrons. The Hall–Kier alpha value is -2.36. The highest BCUT2D eigenvalue weighted by Crippen LogP contribution is 2.13. The number of rotatable bonds is 3. The minimum absolute atomic E-state index is 0.260. The number of hydrogen-bond acceptors (Lipinski definition) is 3. The van der Waals surface area contributed by atoms with Crippen molar-refractivity contribution in [2.75, 3.05) is 0 Å². The zero-order valence-corrected chi connectivity index (χ0v) is 11.2. The largest absolute Gasteiger partial charge is 0.466 e. The monoisotopic (exact) mass is 256 g/mol. The molecule has 0 radical (unpaired) electrons. The normalized spacial score (nSPS) is 11.4.